The Morgan fingerprint density at radius 2 is 2.35 bits per heavy atom. The summed E-state index contributed by atoms with van der Waals surface area (Å²) in [5, 5.41) is 16.1. The molecule has 0 saturated carbocycles. The fourth-order valence-corrected chi connectivity index (χ4v) is 2.38. The topological polar surface area (TPSA) is 110 Å². The maximum absolute atomic E-state index is 13.7. The van der Waals surface area contributed by atoms with Gasteiger partial charge in [0.15, 0.2) is 17.3 Å². The third kappa shape index (κ3) is 1.99. The van der Waals surface area contributed by atoms with Crippen molar-refractivity contribution in [1.82, 2.24) is 15.8 Å². The van der Waals surface area contributed by atoms with Crippen molar-refractivity contribution in [3.05, 3.63) is 40.8 Å². The van der Waals surface area contributed by atoms with Gasteiger partial charge in [0, 0.05) is 0 Å². The van der Waals surface area contributed by atoms with E-state index in [2.05, 4.69) is 19.9 Å². The minimum absolute atomic E-state index is 0.0164. The number of aromatic nitrogens is 2. The summed E-state index contributed by atoms with van der Waals surface area (Å²) in [5.41, 5.74) is 9.06. The minimum Gasteiger partial charge on any atom is -0.379 e. The normalized spacial score (nSPS) is 18.1. The maximum atomic E-state index is 13.7. The van der Waals surface area contributed by atoms with E-state index in [4.69, 9.17) is 10.9 Å². The first-order valence-electron chi connectivity index (χ1n) is 6.04. The Morgan fingerprint density at radius 1 is 1.50 bits per heavy atom. The molecule has 104 valence electrons. The third-order valence-electron chi connectivity index (χ3n) is 3.31. The summed E-state index contributed by atoms with van der Waals surface area (Å²) in [6, 6.07) is 4.61. The second kappa shape index (κ2) is 4.89. The molecule has 0 aliphatic heterocycles. The second-order valence-corrected chi connectivity index (χ2v) is 4.45. The van der Waals surface area contributed by atoms with Crippen LogP contribution in [0.3, 0.4) is 0 Å². The van der Waals surface area contributed by atoms with E-state index in [1.54, 1.807) is 6.07 Å². The largest absolute Gasteiger partial charge is 0.379 e. The number of anilines is 1. The zero-order valence-corrected chi connectivity index (χ0v) is 10.4. The predicted molar refractivity (Wildman–Crippen MR) is 67.6 cm³/mol. The minimum atomic E-state index is -0.272. The quantitative estimate of drug-likeness (QED) is 0.432. The molecule has 8 heteroatoms. The number of nitrogens with one attached hydrogen (secondary N) is 1. The number of hydroxylamine groups is 1. The van der Waals surface area contributed by atoms with Gasteiger partial charge in [-0.3, -0.25) is 15.7 Å². The highest BCUT2D eigenvalue weighted by Crippen LogP contribution is 2.35. The van der Waals surface area contributed by atoms with Crippen LogP contribution in [0.25, 0.3) is 0 Å². The highest BCUT2D eigenvalue weighted by atomic mass is 19.1. The number of halogens is 1. The van der Waals surface area contributed by atoms with Gasteiger partial charge in [0.1, 0.15) is 5.82 Å². The van der Waals surface area contributed by atoms with Crippen LogP contribution in [0.5, 0.6) is 0 Å². The Hall–Kier alpha value is -2.48. The Kier molecular flexibility index (Phi) is 3.07. The van der Waals surface area contributed by atoms with Crippen LogP contribution in [0.15, 0.2) is 27.8 Å². The molecular weight excluding hydrogens is 265 g/mol. The van der Waals surface area contributed by atoms with Crippen molar-refractivity contribution < 1.29 is 14.2 Å². The lowest BCUT2D eigenvalue weighted by Gasteiger charge is -2.09. The van der Waals surface area contributed by atoms with Gasteiger partial charge < -0.3 is 5.73 Å². The Bertz CT molecular complexity index is 670. The number of benzene rings is 1. The van der Waals surface area contributed by atoms with Gasteiger partial charge in [-0.15, -0.1) is 0 Å². The van der Waals surface area contributed by atoms with Crippen LogP contribution in [0.1, 0.15) is 29.3 Å². The predicted octanol–water partition coefficient (Wildman–Crippen LogP) is 1.20. The first-order chi connectivity index (χ1) is 9.70. The van der Waals surface area contributed by atoms with Crippen molar-refractivity contribution in [3.63, 3.8) is 0 Å². The van der Waals surface area contributed by atoms with Crippen molar-refractivity contribution in [1.29, 1.82) is 0 Å². The molecule has 0 radical (unpaired) electrons. The SMILES string of the molecule is Nc1nonc1C(=NC1CCc2c(F)cccc21)NO. The zero-order chi connectivity index (χ0) is 14.1. The number of hydrogen-bond donors (Lipinski definition) is 3. The molecule has 0 amide bonds. The summed E-state index contributed by atoms with van der Waals surface area (Å²) < 4.78 is 18.1. The van der Waals surface area contributed by atoms with Gasteiger partial charge in [-0.2, -0.15) is 0 Å². The van der Waals surface area contributed by atoms with Gasteiger partial charge in [-0.1, -0.05) is 12.1 Å². The number of nitrogen functional groups attached to an aromatic ring is 1. The van der Waals surface area contributed by atoms with E-state index in [-0.39, 0.29) is 29.2 Å². The fraction of sp³-hybridized carbons (Fsp3) is 0.250. The molecule has 1 atom stereocenters. The van der Waals surface area contributed by atoms with Crippen LogP contribution < -0.4 is 11.2 Å². The molecule has 1 aliphatic carbocycles. The number of rotatable bonds is 2. The molecule has 1 aromatic heterocycles. The van der Waals surface area contributed by atoms with Gasteiger partial charge in [0.25, 0.3) is 0 Å². The molecule has 1 aliphatic rings. The van der Waals surface area contributed by atoms with Crippen molar-refractivity contribution >= 4 is 11.7 Å². The molecule has 7 nitrogen and oxygen atoms in total. The van der Waals surface area contributed by atoms with Crippen molar-refractivity contribution in [3.8, 4) is 0 Å². The summed E-state index contributed by atoms with van der Waals surface area (Å²) in [4.78, 5) is 4.33. The molecule has 1 unspecified atom stereocenters. The molecule has 0 spiro atoms. The van der Waals surface area contributed by atoms with Gasteiger partial charge in [-0.05, 0) is 40.3 Å². The Morgan fingerprint density at radius 3 is 3.05 bits per heavy atom. The fourth-order valence-electron chi connectivity index (χ4n) is 2.38. The summed E-state index contributed by atoms with van der Waals surface area (Å²) in [7, 11) is 0. The average Bonchev–Trinajstić information content (AvgIpc) is 3.04. The van der Waals surface area contributed by atoms with Crippen LogP contribution in [-0.2, 0) is 6.42 Å². The molecule has 1 aromatic carbocycles. The summed E-state index contributed by atoms with van der Waals surface area (Å²) in [6.07, 6.45) is 1.24. The molecule has 0 bridgehead atoms. The van der Waals surface area contributed by atoms with Crippen LogP contribution in [0.4, 0.5) is 10.2 Å². The number of amidine groups is 1. The number of fused-ring (bicyclic) bond motifs is 1. The van der Waals surface area contributed by atoms with E-state index >= 15 is 0 Å². The lowest BCUT2D eigenvalue weighted by atomic mass is 10.1. The van der Waals surface area contributed by atoms with Crippen molar-refractivity contribution in [2.24, 2.45) is 4.99 Å². The number of nitrogens with zero attached hydrogens (tertiary/aromatic N) is 3. The molecule has 0 saturated heterocycles. The number of hydrogen-bond acceptors (Lipinski definition) is 6. The maximum Gasteiger partial charge on any atom is 0.199 e. The van der Waals surface area contributed by atoms with E-state index in [0.717, 1.165) is 5.56 Å². The number of nitrogens with two attached hydrogens (primary N) is 1. The monoisotopic (exact) mass is 277 g/mol. The average molecular weight is 277 g/mol. The molecule has 2 aromatic rings. The first kappa shape index (κ1) is 12.5. The van der Waals surface area contributed by atoms with E-state index in [9.17, 15) is 4.39 Å². The standard InChI is InChI=1S/C12H12FN5O2/c13-8-3-1-2-7-6(8)4-5-9(7)15-12(16-19)10-11(14)18-20-17-10/h1-3,9,19H,4-5H2,(H2,14,18)(H,15,16). The van der Waals surface area contributed by atoms with E-state index in [1.807, 2.05) is 11.5 Å². The van der Waals surface area contributed by atoms with Gasteiger partial charge in [-0.25, -0.2) is 9.02 Å². The lowest BCUT2D eigenvalue weighted by molar-refractivity contribution is 0.233. The molecular formula is C12H12FN5O2. The highest BCUT2D eigenvalue weighted by Gasteiger charge is 2.26. The molecule has 20 heavy (non-hydrogen) atoms. The van der Waals surface area contributed by atoms with E-state index in [0.29, 0.717) is 18.4 Å². The van der Waals surface area contributed by atoms with Gasteiger partial charge >= 0.3 is 0 Å². The Balaban J connectivity index is 1.98. The Labute approximate surface area is 113 Å². The number of aliphatic imine (C=N–C) groups is 1. The molecule has 4 N–H and O–H groups in total. The van der Waals surface area contributed by atoms with Crippen LogP contribution >= 0.6 is 0 Å². The summed E-state index contributed by atoms with van der Waals surface area (Å²) >= 11 is 0. The van der Waals surface area contributed by atoms with Crippen LogP contribution in [0, 0.1) is 5.82 Å². The van der Waals surface area contributed by atoms with Gasteiger partial charge in [0.2, 0.25) is 0 Å². The van der Waals surface area contributed by atoms with Crippen molar-refractivity contribution in [2.45, 2.75) is 18.9 Å². The summed E-state index contributed by atoms with van der Waals surface area (Å²) in [5.74, 6) is -0.171. The highest BCUT2D eigenvalue weighted by molar-refractivity contribution is 5.99. The third-order valence-corrected chi connectivity index (χ3v) is 3.31. The molecule has 1 heterocycles. The van der Waals surface area contributed by atoms with Crippen LogP contribution in [0.2, 0.25) is 0 Å². The molecule has 0 fully saturated rings. The van der Waals surface area contributed by atoms with E-state index in [1.165, 1.54) is 6.07 Å². The molecule has 3 rings (SSSR count). The van der Waals surface area contributed by atoms with Gasteiger partial charge in [0.05, 0.1) is 6.04 Å². The zero-order valence-electron chi connectivity index (χ0n) is 10.4. The van der Waals surface area contributed by atoms with E-state index < -0.39 is 0 Å². The smallest absolute Gasteiger partial charge is 0.199 e. The first-order valence-corrected chi connectivity index (χ1v) is 6.04. The second-order valence-electron chi connectivity index (χ2n) is 4.45. The summed E-state index contributed by atoms with van der Waals surface area (Å²) in [6.45, 7) is 0. The van der Waals surface area contributed by atoms with Crippen molar-refractivity contribution in [2.75, 3.05) is 5.73 Å². The van der Waals surface area contributed by atoms with Crippen LogP contribution in [-0.4, -0.2) is 21.4 Å². The lowest BCUT2D eigenvalue weighted by Crippen LogP contribution is -2.23.